The van der Waals surface area contributed by atoms with Gasteiger partial charge in [-0.1, -0.05) is 25.1 Å². The second kappa shape index (κ2) is 5.75. The zero-order valence-corrected chi connectivity index (χ0v) is 14.9. The lowest BCUT2D eigenvalue weighted by Gasteiger charge is -2.11. The number of hydrogen-bond acceptors (Lipinski definition) is 4. The Balaban J connectivity index is 2.32. The van der Waals surface area contributed by atoms with Crippen LogP contribution in [0.5, 0.6) is 0 Å². The van der Waals surface area contributed by atoms with Gasteiger partial charge in [-0.3, -0.25) is 0 Å². The van der Waals surface area contributed by atoms with E-state index < -0.39 is 19.9 Å². The van der Waals surface area contributed by atoms with Crippen molar-refractivity contribution in [1.29, 1.82) is 0 Å². The Morgan fingerprint density at radius 1 is 0.875 bits per heavy atom. The molecule has 1 aromatic heterocycles. The number of hydrogen-bond donors (Lipinski definition) is 0. The molecule has 0 saturated carbocycles. The molecule has 24 heavy (non-hydrogen) atoms. The third-order valence-electron chi connectivity index (χ3n) is 3.87. The van der Waals surface area contributed by atoms with Gasteiger partial charge in [0.05, 0.1) is 15.3 Å². The minimum Gasteiger partial charge on any atom is -0.238 e. The first-order chi connectivity index (χ1) is 11.2. The Bertz CT molecular complexity index is 1110. The maximum absolute atomic E-state index is 13.0. The zero-order valence-electron chi connectivity index (χ0n) is 13.3. The van der Waals surface area contributed by atoms with E-state index >= 15 is 0 Å². The zero-order chi connectivity index (χ0) is 17.5. The van der Waals surface area contributed by atoms with Crippen molar-refractivity contribution in [3.63, 3.8) is 0 Å². The van der Waals surface area contributed by atoms with Crippen molar-refractivity contribution in [2.45, 2.75) is 23.1 Å². The van der Waals surface area contributed by atoms with Crippen LogP contribution >= 0.6 is 0 Å². The number of sulfone groups is 1. The van der Waals surface area contributed by atoms with E-state index in [0.29, 0.717) is 23.0 Å². The standard InChI is InChI=1S/C17H17NO4S2/c1-3-14-11-13-12-16(23(2,19)20)9-10-17(13)18(14)24(21,22)15-7-5-4-6-8-15/h4-12H,3H2,1-2H3. The highest BCUT2D eigenvalue weighted by molar-refractivity contribution is 7.90. The van der Waals surface area contributed by atoms with Gasteiger partial charge in [-0.2, -0.15) is 0 Å². The fourth-order valence-electron chi connectivity index (χ4n) is 2.68. The van der Waals surface area contributed by atoms with Gasteiger partial charge in [0.25, 0.3) is 10.0 Å². The highest BCUT2D eigenvalue weighted by Crippen LogP contribution is 2.28. The second-order valence-corrected chi connectivity index (χ2v) is 9.37. The van der Waals surface area contributed by atoms with Crippen LogP contribution in [0, 0.1) is 0 Å². The molecule has 126 valence electrons. The third-order valence-corrected chi connectivity index (χ3v) is 6.76. The fraction of sp³-hybridized carbons (Fsp3) is 0.176. The van der Waals surface area contributed by atoms with E-state index in [-0.39, 0.29) is 9.79 Å². The molecule has 0 radical (unpaired) electrons. The quantitative estimate of drug-likeness (QED) is 0.714. The smallest absolute Gasteiger partial charge is 0.238 e. The van der Waals surface area contributed by atoms with Gasteiger partial charge >= 0.3 is 0 Å². The number of nitrogens with zero attached hydrogens (tertiary/aromatic N) is 1. The first-order valence-electron chi connectivity index (χ1n) is 7.40. The average Bonchev–Trinajstić information content (AvgIpc) is 2.93. The molecule has 1 heterocycles. The summed E-state index contributed by atoms with van der Waals surface area (Å²) in [4.78, 5) is 0.372. The lowest BCUT2D eigenvalue weighted by molar-refractivity contribution is 0.587. The van der Waals surface area contributed by atoms with Crippen molar-refractivity contribution in [3.8, 4) is 0 Å². The highest BCUT2D eigenvalue weighted by atomic mass is 32.2. The first kappa shape index (κ1) is 16.7. The maximum atomic E-state index is 13.0. The summed E-state index contributed by atoms with van der Waals surface area (Å²) in [6, 6.07) is 14.4. The Morgan fingerprint density at radius 2 is 1.54 bits per heavy atom. The number of aryl methyl sites for hydroxylation is 1. The van der Waals surface area contributed by atoms with Crippen LogP contribution in [-0.2, 0) is 26.3 Å². The van der Waals surface area contributed by atoms with Gasteiger partial charge < -0.3 is 0 Å². The molecule has 7 heteroatoms. The van der Waals surface area contributed by atoms with E-state index in [1.807, 2.05) is 6.92 Å². The molecule has 3 aromatic rings. The van der Waals surface area contributed by atoms with Crippen LogP contribution in [0.3, 0.4) is 0 Å². The summed E-state index contributed by atoms with van der Waals surface area (Å²) in [7, 11) is -7.10. The minimum atomic E-state index is -3.75. The molecule has 0 unspecified atom stereocenters. The van der Waals surface area contributed by atoms with Crippen LogP contribution in [0.25, 0.3) is 10.9 Å². The van der Waals surface area contributed by atoms with E-state index in [4.69, 9.17) is 0 Å². The van der Waals surface area contributed by atoms with Gasteiger partial charge in [0, 0.05) is 17.3 Å². The summed E-state index contributed by atoms with van der Waals surface area (Å²) < 4.78 is 50.8. The number of benzene rings is 2. The highest BCUT2D eigenvalue weighted by Gasteiger charge is 2.22. The molecule has 0 amide bonds. The van der Waals surface area contributed by atoms with Crippen molar-refractivity contribution in [2.24, 2.45) is 0 Å². The van der Waals surface area contributed by atoms with Crippen LogP contribution in [0.1, 0.15) is 12.6 Å². The normalized spacial score (nSPS) is 12.6. The molecule has 5 nitrogen and oxygen atoms in total. The van der Waals surface area contributed by atoms with Crippen LogP contribution in [0.4, 0.5) is 0 Å². The van der Waals surface area contributed by atoms with Crippen molar-refractivity contribution in [3.05, 3.63) is 60.3 Å². The SMILES string of the molecule is CCc1cc2cc(S(C)(=O)=O)ccc2n1S(=O)(=O)c1ccccc1. The molecular weight excluding hydrogens is 346 g/mol. The molecule has 0 N–H and O–H groups in total. The topological polar surface area (TPSA) is 73.2 Å². The summed E-state index contributed by atoms with van der Waals surface area (Å²) in [6.45, 7) is 1.86. The van der Waals surface area contributed by atoms with Crippen LogP contribution in [0.15, 0.2) is 64.4 Å². The number of fused-ring (bicyclic) bond motifs is 1. The summed E-state index contributed by atoms with van der Waals surface area (Å²) in [5.41, 5.74) is 1.09. The van der Waals surface area contributed by atoms with Gasteiger partial charge in [-0.05, 0) is 42.8 Å². The molecule has 0 fully saturated rings. The predicted octanol–water partition coefficient (Wildman–Crippen LogP) is 2.84. The molecule has 2 aromatic carbocycles. The van der Waals surface area contributed by atoms with Gasteiger partial charge in [-0.25, -0.2) is 20.8 Å². The van der Waals surface area contributed by atoms with Crippen molar-refractivity contribution in [2.75, 3.05) is 6.26 Å². The molecular formula is C17H17NO4S2. The lowest BCUT2D eigenvalue weighted by atomic mass is 10.2. The van der Waals surface area contributed by atoms with Crippen LogP contribution in [0.2, 0.25) is 0 Å². The Morgan fingerprint density at radius 3 is 2.12 bits per heavy atom. The molecule has 0 atom stereocenters. The van der Waals surface area contributed by atoms with Crippen LogP contribution < -0.4 is 0 Å². The Labute approximate surface area is 141 Å². The van der Waals surface area contributed by atoms with E-state index in [1.54, 1.807) is 42.5 Å². The molecule has 3 rings (SSSR count). The van der Waals surface area contributed by atoms with Crippen molar-refractivity contribution >= 4 is 30.8 Å². The van der Waals surface area contributed by atoms with Crippen LogP contribution in [-0.4, -0.2) is 27.1 Å². The predicted molar refractivity (Wildman–Crippen MR) is 93.5 cm³/mol. The fourth-order valence-corrected chi connectivity index (χ4v) is 4.97. The second-order valence-electron chi connectivity index (χ2n) is 5.56. The summed E-state index contributed by atoms with van der Waals surface area (Å²) in [5, 5.41) is 0.592. The summed E-state index contributed by atoms with van der Waals surface area (Å²) in [6.07, 6.45) is 1.64. The van der Waals surface area contributed by atoms with E-state index in [9.17, 15) is 16.8 Å². The largest absolute Gasteiger partial charge is 0.268 e. The first-order valence-corrected chi connectivity index (χ1v) is 10.7. The Kier molecular flexibility index (Phi) is 4.01. The molecule has 0 aliphatic rings. The van der Waals surface area contributed by atoms with Crippen molar-refractivity contribution in [1.82, 2.24) is 3.97 Å². The van der Waals surface area contributed by atoms with E-state index in [0.717, 1.165) is 6.26 Å². The summed E-state index contributed by atoms with van der Waals surface area (Å²) >= 11 is 0. The number of aromatic nitrogens is 1. The van der Waals surface area contributed by atoms with Crippen molar-refractivity contribution < 1.29 is 16.8 Å². The minimum absolute atomic E-state index is 0.173. The molecule has 0 aliphatic heterocycles. The summed E-state index contributed by atoms with van der Waals surface area (Å²) in [5.74, 6) is 0. The number of rotatable bonds is 4. The van der Waals surface area contributed by atoms with E-state index in [2.05, 4.69) is 0 Å². The molecule has 0 bridgehead atoms. The molecule has 0 aliphatic carbocycles. The van der Waals surface area contributed by atoms with Gasteiger partial charge in [0.2, 0.25) is 0 Å². The monoisotopic (exact) mass is 363 g/mol. The maximum Gasteiger partial charge on any atom is 0.268 e. The van der Waals surface area contributed by atoms with E-state index in [1.165, 1.54) is 16.1 Å². The molecule has 0 saturated heterocycles. The molecule has 0 spiro atoms. The Hall–Kier alpha value is -2.12. The lowest BCUT2D eigenvalue weighted by Crippen LogP contribution is -2.15. The van der Waals surface area contributed by atoms with Gasteiger partial charge in [0.1, 0.15) is 0 Å². The van der Waals surface area contributed by atoms with Gasteiger partial charge in [-0.15, -0.1) is 0 Å². The third kappa shape index (κ3) is 2.74. The van der Waals surface area contributed by atoms with Gasteiger partial charge in [0.15, 0.2) is 9.84 Å². The average molecular weight is 363 g/mol.